The number of benzene rings is 1. The van der Waals surface area contributed by atoms with Gasteiger partial charge >= 0.3 is 0 Å². The predicted octanol–water partition coefficient (Wildman–Crippen LogP) is 1.54. The van der Waals surface area contributed by atoms with Gasteiger partial charge in [-0.05, 0) is 18.4 Å². The van der Waals surface area contributed by atoms with Gasteiger partial charge in [0.15, 0.2) is 0 Å². The minimum atomic E-state index is -0.253. The number of nitrogen functional groups attached to an aromatic ring is 1. The Morgan fingerprint density at radius 2 is 2.19 bits per heavy atom. The molecule has 1 heterocycles. The number of aromatic nitrogens is 2. The zero-order valence-electron chi connectivity index (χ0n) is 8.75. The molecular formula is C11H11N3OS. The fourth-order valence-electron chi connectivity index (χ4n) is 1.46. The second-order valence-electron chi connectivity index (χ2n) is 3.20. The highest BCUT2D eigenvalue weighted by Crippen LogP contribution is 2.28. The van der Waals surface area contributed by atoms with Crippen LogP contribution in [-0.4, -0.2) is 15.8 Å². The average Bonchev–Trinajstić information content (AvgIpc) is 2.30. The molecule has 0 bridgehead atoms. The van der Waals surface area contributed by atoms with Gasteiger partial charge in [0.2, 0.25) is 0 Å². The number of anilines is 1. The normalized spacial score (nSPS) is 10.3. The van der Waals surface area contributed by atoms with Crippen LogP contribution in [0.25, 0.3) is 5.69 Å². The van der Waals surface area contributed by atoms with E-state index in [1.165, 1.54) is 12.4 Å². The number of para-hydroxylation sites is 1. The quantitative estimate of drug-likeness (QED) is 0.631. The Labute approximate surface area is 97.1 Å². The van der Waals surface area contributed by atoms with Gasteiger partial charge in [0, 0.05) is 17.2 Å². The molecule has 0 saturated carbocycles. The molecule has 0 fully saturated rings. The van der Waals surface area contributed by atoms with Crippen LogP contribution in [0.3, 0.4) is 0 Å². The SMILES string of the molecule is CSc1cccc(N)c1-n1ccc(=O)nc1. The molecule has 0 unspecified atom stereocenters. The van der Waals surface area contributed by atoms with Crippen LogP contribution < -0.4 is 11.3 Å². The number of nitrogens with two attached hydrogens (primary N) is 1. The monoisotopic (exact) mass is 233 g/mol. The van der Waals surface area contributed by atoms with Gasteiger partial charge in [-0.2, -0.15) is 4.98 Å². The van der Waals surface area contributed by atoms with Crippen LogP contribution >= 0.6 is 11.8 Å². The Morgan fingerprint density at radius 1 is 1.38 bits per heavy atom. The summed E-state index contributed by atoms with van der Waals surface area (Å²) in [5.41, 5.74) is 7.20. The van der Waals surface area contributed by atoms with Gasteiger partial charge in [-0.25, -0.2) is 0 Å². The van der Waals surface area contributed by atoms with E-state index in [-0.39, 0.29) is 5.56 Å². The van der Waals surface area contributed by atoms with Gasteiger partial charge in [0.05, 0.1) is 11.4 Å². The summed E-state index contributed by atoms with van der Waals surface area (Å²) >= 11 is 1.60. The average molecular weight is 233 g/mol. The molecule has 0 amide bonds. The van der Waals surface area contributed by atoms with Crippen LogP contribution in [0.15, 0.2) is 46.5 Å². The maximum Gasteiger partial charge on any atom is 0.272 e. The van der Waals surface area contributed by atoms with Crippen molar-refractivity contribution in [3.63, 3.8) is 0 Å². The van der Waals surface area contributed by atoms with E-state index in [1.807, 2.05) is 24.5 Å². The molecule has 0 spiro atoms. The number of nitrogens with zero attached hydrogens (tertiary/aromatic N) is 2. The van der Waals surface area contributed by atoms with Crippen LogP contribution in [0.2, 0.25) is 0 Å². The summed E-state index contributed by atoms with van der Waals surface area (Å²) in [6.07, 6.45) is 5.13. The van der Waals surface area contributed by atoms with Gasteiger partial charge in [0.25, 0.3) is 5.56 Å². The summed E-state index contributed by atoms with van der Waals surface area (Å²) in [5.74, 6) is 0. The van der Waals surface area contributed by atoms with E-state index in [2.05, 4.69) is 4.98 Å². The number of hydrogen-bond acceptors (Lipinski definition) is 4. The third-order valence-electron chi connectivity index (χ3n) is 2.20. The Bertz CT molecular complexity index is 545. The Morgan fingerprint density at radius 3 is 2.81 bits per heavy atom. The van der Waals surface area contributed by atoms with E-state index in [1.54, 1.807) is 22.5 Å². The molecule has 0 atom stereocenters. The minimum Gasteiger partial charge on any atom is -0.397 e. The highest BCUT2D eigenvalue weighted by molar-refractivity contribution is 7.98. The first kappa shape index (κ1) is 10.8. The van der Waals surface area contributed by atoms with Crippen molar-refractivity contribution in [2.45, 2.75) is 4.90 Å². The molecule has 0 radical (unpaired) electrons. The first-order chi connectivity index (χ1) is 7.72. The van der Waals surface area contributed by atoms with E-state index in [4.69, 9.17) is 5.73 Å². The zero-order valence-corrected chi connectivity index (χ0v) is 9.57. The van der Waals surface area contributed by atoms with E-state index in [0.29, 0.717) is 5.69 Å². The van der Waals surface area contributed by atoms with Crippen molar-refractivity contribution in [2.24, 2.45) is 0 Å². The molecule has 82 valence electrons. The standard InChI is InChI=1S/C11H11N3OS/c1-16-9-4-2-3-8(12)11(9)14-6-5-10(15)13-7-14/h2-7H,12H2,1H3. The molecular weight excluding hydrogens is 222 g/mol. The Kier molecular flexibility index (Phi) is 2.96. The topological polar surface area (TPSA) is 60.9 Å². The number of hydrogen-bond donors (Lipinski definition) is 1. The van der Waals surface area contributed by atoms with Crippen LogP contribution in [0.5, 0.6) is 0 Å². The number of thioether (sulfide) groups is 1. The summed E-state index contributed by atoms with van der Waals surface area (Å²) in [6, 6.07) is 7.12. The predicted molar refractivity (Wildman–Crippen MR) is 66.0 cm³/mol. The van der Waals surface area contributed by atoms with Crippen molar-refractivity contribution in [3.8, 4) is 5.69 Å². The summed E-state index contributed by atoms with van der Waals surface area (Å²) in [5, 5.41) is 0. The molecule has 0 aliphatic rings. The van der Waals surface area contributed by atoms with Gasteiger partial charge in [-0.3, -0.25) is 4.79 Å². The van der Waals surface area contributed by atoms with Crippen LogP contribution in [0, 0.1) is 0 Å². The second-order valence-corrected chi connectivity index (χ2v) is 4.05. The lowest BCUT2D eigenvalue weighted by Crippen LogP contribution is -2.09. The fourth-order valence-corrected chi connectivity index (χ4v) is 2.09. The summed E-state index contributed by atoms with van der Waals surface area (Å²) in [7, 11) is 0. The second kappa shape index (κ2) is 4.40. The smallest absolute Gasteiger partial charge is 0.272 e. The minimum absolute atomic E-state index is 0.253. The summed E-state index contributed by atoms with van der Waals surface area (Å²) in [4.78, 5) is 15.7. The molecule has 0 saturated heterocycles. The maximum absolute atomic E-state index is 10.9. The molecule has 2 rings (SSSR count). The molecule has 2 N–H and O–H groups in total. The van der Waals surface area contributed by atoms with Crippen LogP contribution in [-0.2, 0) is 0 Å². The van der Waals surface area contributed by atoms with E-state index in [9.17, 15) is 4.79 Å². The lowest BCUT2D eigenvalue weighted by Gasteiger charge is -2.12. The lowest BCUT2D eigenvalue weighted by atomic mass is 10.2. The Balaban J connectivity index is 2.63. The molecule has 5 heteroatoms. The fraction of sp³-hybridized carbons (Fsp3) is 0.0909. The van der Waals surface area contributed by atoms with Crippen molar-refractivity contribution in [3.05, 3.63) is 47.1 Å². The first-order valence-electron chi connectivity index (χ1n) is 4.69. The molecule has 1 aromatic carbocycles. The van der Waals surface area contributed by atoms with E-state index in [0.717, 1.165) is 10.6 Å². The third kappa shape index (κ3) is 1.94. The highest BCUT2D eigenvalue weighted by Gasteiger charge is 2.06. The van der Waals surface area contributed by atoms with Crippen molar-refractivity contribution in [1.29, 1.82) is 0 Å². The first-order valence-corrected chi connectivity index (χ1v) is 5.92. The van der Waals surface area contributed by atoms with Crippen molar-refractivity contribution in [1.82, 2.24) is 9.55 Å². The Hall–Kier alpha value is -1.75. The molecule has 16 heavy (non-hydrogen) atoms. The highest BCUT2D eigenvalue weighted by atomic mass is 32.2. The van der Waals surface area contributed by atoms with Crippen molar-refractivity contribution < 1.29 is 0 Å². The van der Waals surface area contributed by atoms with Crippen molar-refractivity contribution >= 4 is 17.4 Å². The van der Waals surface area contributed by atoms with Gasteiger partial charge in [-0.1, -0.05) is 6.07 Å². The van der Waals surface area contributed by atoms with Crippen LogP contribution in [0.4, 0.5) is 5.69 Å². The van der Waals surface area contributed by atoms with Gasteiger partial charge in [-0.15, -0.1) is 11.8 Å². The van der Waals surface area contributed by atoms with Crippen LogP contribution in [0.1, 0.15) is 0 Å². The molecule has 0 aliphatic carbocycles. The largest absolute Gasteiger partial charge is 0.397 e. The lowest BCUT2D eigenvalue weighted by molar-refractivity contribution is 0.945. The molecule has 0 aliphatic heterocycles. The number of rotatable bonds is 2. The van der Waals surface area contributed by atoms with Gasteiger partial charge in [0.1, 0.15) is 6.33 Å². The third-order valence-corrected chi connectivity index (χ3v) is 2.96. The summed E-state index contributed by atoms with van der Waals surface area (Å²) in [6.45, 7) is 0. The molecule has 2 aromatic rings. The zero-order chi connectivity index (χ0) is 11.5. The van der Waals surface area contributed by atoms with E-state index < -0.39 is 0 Å². The molecule has 1 aromatic heterocycles. The molecule has 4 nitrogen and oxygen atoms in total. The maximum atomic E-state index is 10.9. The van der Waals surface area contributed by atoms with Crippen molar-refractivity contribution in [2.75, 3.05) is 12.0 Å². The van der Waals surface area contributed by atoms with E-state index >= 15 is 0 Å². The summed E-state index contributed by atoms with van der Waals surface area (Å²) < 4.78 is 1.75. The van der Waals surface area contributed by atoms with Gasteiger partial charge < -0.3 is 10.3 Å².